The topological polar surface area (TPSA) is 104 Å². The highest BCUT2D eigenvalue weighted by Gasteiger charge is 2.15. The maximum Gasteiger partial charge on any atom is 0.338 e. The second kappa shape index (κ2) is 11.7. The van der Waals surface area contributed by atoms with E-state index in [2.05, 4.69) is 0 Å². The molecular formula is C34H23N3O5. The van der Waals surface area contributed by atoms with Gasteiger partial charge in [0.05, 0.1) is 32.9 Å². The van der Waals surface area contributed by atoms with Gasteiger partial charge in [0.25, 0.3) is 5.69 Å². The molecule has 0 bridgehead atoms. The molecule has 0 N–H and O–H groups in total. The van der Waals surface area contributed by atoms with Crippen LogP contribution in [0.4, 0.5) is 5.69 Å². The largest absolute Gasteiger partial charge is 0.457 e. The molecule has 8 nitrogen and oxygen atoms in total. The first-order chi connectivity index (χ1) is 20.5. The van der Waals surface area contributed by atoms with Crippen LogP contribution in [0.5, 0.6) is 11.5 Å². The number of carbonyl (C=O) groups is 1. The highest BCUT2D eigenvalue weighted by Crippen LogP contribution is 2.31. The third kappa shape index (κ3) is 5.83. The summed E-state index contributed by atoms with van der Waals surface area (Å²) < 4.78 is 11.3. The lowest BCUT2D eigenvalue weighted by Gasteiger charge is -2.11. The minimum Gasteiger partial charge on any atom is -0.457 e. The Bertz CT molecular complexity index is 1880. The van der Waals surface area contributed by atoms with Crippen molar-refractivity contribution in [1.82, 2.24) is 9.97 Å². The van der Waals surface area contributed by atoms with Gasteiger partial charge in [0.1, 0.15) is 18.1 Å². The zero-order valence-corrected chi connectivity index (χ0v) is 22.2. The van der Waals surface area contributed by atoms with Crippen molar-refractivity contribution in [1.29, 1.82) is 0 Å². The van der Waals surface area contributed by atoms with Gasteiger partial charge in [-0.25, -0.2) is 14.8 Å². The van der Waals surface area contributed by atoms with E-state index in [4.69, 9.17) is 19.4 Å². The summed E-state index contributed by atoms with van der Waals surface area (Å²) in [5.74, 6) is 0.555. The number of ether oxygens (including phenoxy) is 2. The maximum atomic E-state index is 12.9. The van der Waals surface area contributed by atoms with Crippen LogP contribution in [0.1, 0.15) is 15.9 Å². The van der Waals surface area contributed by atoms with Crippen molar-refractivity contribution in [2.24, 2.45) is 0 Å². The van der Waals surface area contributed by atoms with Crippen molar-refractivity contribution in [3.8, 4) is 34.0 Å². The van der Waals surface area contributed by atoms with Gasteiger partial charge >= 0.3 is 5.97 Å². The highest BCUT2D eigenvalue weighted by atomic mass is 16.6. The maximum absolute atomic E-state index is 12.9. The molecule has 1 heterocycles. The number of benzene rings is 5. The summed E-state index contributed by atoms with van der Waals surface area (Å²) in [6.07, 6.45) is 0. The predicted octanol–water partition coefficient (Wildman–Crippen LogP) is 8.02. The van der Waals surface area contributed by atoms with Gasteiger partial charge in [-0.05, 0) is 48.0 Å². The van der Waals surface area contributed by atoms with E-state index in [0.29, 0.717) is 28.1 Å². The molecule has 0 amide bonds. The van der Waals surface area contributed by atoms with Crippen LogP contribution in [0.3, 0.4) is 0 Å². The Kier molecular flexibility index (Phi) is 7.33. The van der Waals surface area contributed by atoms with Gasteiger partial charge in [0, 0.05) is 23.3 Å². The number of nitro groups is 1. The SMILES string of the molecule is O=C(OCc1ccc(Oc2ccc([N+](=O)[O-])cc2)cc1)c1ccc2nc(-c3ccccc3)c(-c3ccccc3)nc2c1. The summed E-state index contributed by atoms with van der Waals surface area (Å²) >= 11 is 0. The monoisotopic (exact) mass is 553 g/mol. The van der Waals surface area contributed by atoms with Gasteiger partial charge in [-0.3, -0.25) is 10.1 Å². The Hall–Kier alpha value is -5.89. The number of nitrogens with zero attached hydrogens (tertiary/aromatic N) is 3. The summed E-state index contributed by atoms with van der Waals surface area (Å²) in [5.41, 5.74) is 5.80. The summed E-state index contributed by atoms with van der Waals surface area (Å²) in [6.45, 7) is 0.0720. The summed E-state index contributed by atoms with van der Waals surface area (Å²) in [6, 6.07) is 37.8. The van der Waals surface area contributed by atoms with Crippen LogP contribution in [0.2, 0.25) is 0 Å². The number of carbonyl (C=O) groups excluding carboxylic acids is 1. The highest BCUT2D eigenvalue weighted by molar-refractivity contribution is 5.95. The van der Waals surface area contributed by atoms with Crippen molar-refractivity contribution in [3.63, 3.8) is 0 Å². The predicted molar refractivity (Wildman–Crippen MR) is 159 cm³/mol. The molecule has 0 saturated carbocycles. The van der Waals surface area contributed by atoms with Crippen molar-refractivity contribution < 1.29 is 19.2 Å². The van der Waals surface area contributed by atoms with E-state index in [0.717, 1.165) is 28.1 Å². The van der Waals surface area contributed by atoms with E-state index in [1.165, 1.54) is 24.3 Å². The fourth-order valence-electron chi connectivity index (χ4n) is 4.43. The standard InChI is InChI=1S/C34H23N3O5/c38-34(41-22-23-11-16-28(17-12-23)42-29-18-14-27(15-19-29)37(39)40)26-13-20-30-31(21-26)36-33(25-9-5-2-6-10-25)32(35-30)24-7-3-1-4-8-24/h1-21H,22H2. The third-order valence-corrected chi connectivity index (χ3v) is 6.57. The Morgan fingerprint density at radius 2 is 1.21 bits per heavy atom. The molecule has 0 atom stereocenters. The van der Waals surface area contributed by atoms with Gasteiger partial charge in [0.2, 0.25) is 0 Å². The number of fused-ring (bicyclic) bond motifs is 1. The van der Waals surface area contributed by atoms with Crippen molar-refractivity contribution in [2.45, 2.75) is 6.61 Å². The molecule has 6 rings (SSSR count). The quantitative estimate of drug-likeness (QED) is 0.107. The molecule has 0 unspecified atom stereocenters. The number of aromatic nitrogens is 2. The minimum atomic E-state index is -0.474. The summed E-state index contributed by atoms with van der Waals surface area (Å²) in [7, 11) is 0. The van der Waals surface area contributed by atoms with Gasteiger partial charge in [-0.2, -0.15) is 0 Å². The number of non-ortho nitro benzene ring substituents is 1. The van der Waals surface area contributed by atoms with E-state index in [9.17, 15) is 14.9 Å². The smallest absolute Gasteiger partial charge is 0.338 e. The molecule has 42 heavy (non-hydrogen) atoms. The number of hydrogen-bond donors (Lipinski definition) is 0. The van der Waals surface area contributed by atoms with Gasteiger partial charge in [-0.1, -0.05) is 72.8 Å². The van der Waals surface area contributed by atoms with Gasteiger partial charge < -0.3 is 9.47 Å². The molecule has 0 aliphatic rings. The number of rotatable bonds is 8. The lowest BCUT2D eigenvalue weighted by atomic mass is 10.0. The van der Waals surface area contributed by atoms with Crippen LogP contribution >= 0.6 is 0 Å². The number of esters is 1. The van der Waals surface area contributed by atoms with Crippen LogP contribution in [-0.4, -0.2) is 20.9 Å². The Balaban J connectivity index is 1.18. The molecule has 5 aromatic carbocycles. The lowest BCUT2D eigenvalue weighted by molar-refractivity contribution is -0.384. The van der Waals surface area contributed by atoms with E-state index < -0.39 is 10.9 Å². The Labute approximate surface area is 241 Å². The molecule has 0 saturated heterocycles. The van der Waals surface area contributed by atoms with E-state index in [1.807, 2.05) is 60.7 Å². The number of nitro benzene ring substituents is 1. The van der Waals surface area contributed by atoms with Crippen LogP contribution in [0.15, 0.2) is 127 Å². The Morgan fingerprint density at radius 1 is 0.667 bits per heavy atom. The van der Waals surface area contributed by atoms with Gasteiger partial charge in [0.15, 0.2) is 0 Å². The van der Waals surface area contributed by atoms with Crippen molar-refractivity contribution in [2.75, 3.05) is 0 Å². The first-order valence-electron chi connectivity index (χ1n) is 13.1. The first kappa shape index (κ1) is 26.3. The molecule has 0 aliphatic heterocycles. The van der Waals surface area contributed by atoms with Crippen LogP contribution < -0.4 is 4.74 Å². The second-order valence-corrected chi connectivity index (χ2v) is 9.43. The Morgan fingerprint density at radius 3 is 1.79 bits per heavy atom. The van der Waals surface area contributed by atoms with Crippen molar-refractivity contribution in [3.05, 3.63) is 149 Å². The molecule has 0 spiro atoms. The van der Waals surface area contributed by atoms with Crippen LogP contribution in [0, 0.1) is 10.1 Å². The molecule has 0 radical (unpaired) electrons. The fourth-order valence-corrected chi connectivity index (χ4v) is 4.43. The zero-order valence-electron chi connectivity index (χ0n) is 22.2. The van der Waals surface area contributed by atoms with Crippen LogP contribution in [0.25, 0.3) is 33.5 Å². The number of hydrogen-bond acceptors (Lipinski definition) is 7. The fraction of sp³-hybridized carbons (Fsp3) is 0.0294. The normalized spacial score (nSPS) is 10.8. The molecule has 6 aromatic rings. The molecule has 204 valence electrons. The summed E-state index contributed by atoms with van der Waals surface area (Å²) in [4.78, 5) is 33.1. The zero-order chi connectivity index (χ0) is 28.9. The molecule has 1 aromatic heterocycles. The molecular weight excluding hydrogens is 530 g/mol. The average molecular weight is 554 g/mol. The lowest BCUT2D eigenvalue weighted by Crippen LogP contribution is -2.06. The average Bonchev–Trinajstić information content (AvgIpc) is 3.04. The molecule has 0 fully saturated rings. The summed E-state index contributed by atoms with van der Waals surface area (Å²) in [5, 5.41) is 10.8. The minimum absolute atomic E-state index is 0.00783. The third-order valence-electron chi connectivity index (χ3n) is 6.57. The first-order valence-corrected chi connectivity index (χ1v) is 13.1. The molecule has 8 heteroatoms. The van der Waals surface area contributed by atoms with E-state index in [-0.39, 0.29) is 12.3 Å². The van der Waals surface area contributed by atoms with Crippen molar-refractivity contribution >= 4 is 22.7 Å². The van der Waals surface area contributed by atoms with Gasteiger partial charge in [-0.15, -0.1) is 0 Å². The van der Waals surface area contributed by atoms with E-state index >= 15 is 0 Å². The van der Waals surface area contributed by atoms with Crippen LogP contribution in [-0.2, 0) is 11.3 Å². The van der Waals surface area contributed by atoms with E-state index in [1.54, 1.807) is 42.5 Å². The molecule has 0 aliphatic carbocycles. The second-order valence-electron chi connectivity index (χ2n) is 9.43.